The maximum Gasteiger partial charge on any atom is 0.573 e. The summed E-state index contributed by atoms with van der Waals surface area (Å²) < 4.78 is 86.2. The van der Waals surface area contributed by atoms with E-state index in [-0.39, 0.29) is 42.0 Å². The van der Waals surface area contributed by atoms with Crippen LogP contribution in [0.25, 0.3) is 0 Å². The second kappa shape index (κ2) is 12.6. The van der Waals surface area contributed by atoms with Crippen LogP contribution in [0.5, 0.6) is 5.75 Å². The van der Waals surface area contributed by atoms with Gasteiger partial charge in [0.15, 0.2) is 0 Å². The lowest BCUT2D eigenvalue weighted by molar-refractivity contribution is -0.274. The van der Waals surface area contributed by atoms with Crippen molar-refractivity contribution in [2.75, 3.05) is 30.3 Å². The standard InChI is InChI=1S/C28H33F6N3O3/c1-18-2-3-22(16-25(18)27(29,30)31)36-20-4-8-23(9-5-20)39-17-26(38)37-14-12-21(13-15-37)35-19-6-10-24(11-7-19)40-28(32,33)34/h2-3,6-7,10-11,16,20-21,23,35-36H,4-5,8-9,12-15,17H2,1H3. The Balaban J connectivity index is 1.14. The molecule has 0 aromatic heterocycles. The van der Waals surface area contributed by atoms with Crippen LogP contribution in [-0.4, -0.2) is 55.1 Å². The molecule has 0 spiro atoms. The van der Waals surface area contributed by atoms with Crippen LogP contribution in [0.4, 0.5) is 37.7 Å². The molecule has 12 heteroatoms. The zero-order valence-electron chi connectivity index (χ0n) is 22.1. The van der Waals surface area contributed by atoms with Crippen molar-refractivity contribution in [3.8, 4) is 5.75 Å². The number of hydrogen-bond acceptors (Lipinski definition) is 5. The zero-order valence-corrected chi connectivity index (χ0v) is 22.1. The summed E-state index contributed by atoms with van der Waals surface area (Å²) in [5, 5.41) is 6.48. The molecular weight excluding hydrogens is 540 g/mol. The highest BCUT2D eigenvalue weighted by Crippen LogP contribution is 2.34. The fourth-order valence-electron chi connectivity index (χ4n) is 5.17. The number of rotatable bonds is 8. The quantitative estimate of drug-likeness (QED) is 0.342. The van der Waals surface area contributed by atoms with Crippen LogP contribution >= 0.6 is 0 Å². The number of halogens is 6. The Morgan fingerprint density at radius 1 is 0.850 bits per heavy atom. The van der Waals surface area contributed by atoms with E-state index in [0.29, 0.717) is 50.1 Å². The van der Waals surface area contributed by atoms with Crippen LogP contribution in [-0.2, 0) is 15.7 Å². The van der Waals surface area contributed by atoms with E-state index in [1.807, 2.05) is 0 Å². The molecule has 2 aromatic rings. The van der Waals surface area contributed by atoms with Gasteiger partial charge >= 0.3 is 12.5 Å². The molecule has 2 aromatic carbocycles. The van der Waals surface area contributed by atoms with Gasteiger partial charge in [-0.3, -0.25) is 4.79 Å². The molecule has 2 aliphatic rings. The van der Waals surface area contributed by atoms with E-state index < -0.39 is 18.1 Å². The van der Waals surface area contributed by atoms with E-state index in [1.54, 1.807) is 11.0 Å². The van der Waals surface area contributed by atoms with Gasteiger partial charge in [-0.15, -0.1) is 13.2 Å². The van der Waals surface area contributed by atoms with Gasteiger partial charge in [-0.25, -0.2) is 0 Å². The fourth-order valence-corrected chi connectivity index (χ4v) is 5.17. The minimum absolute atomic E-state index is 0.0194. The molecule has 0 radical (unpaired) electrons. The van der Waals surface area contributed by atoms with Gasteiger partial charge < -0.3 is 25.0 Å². The number of likely N-dealkylation sites (tertiary alicyclic amines) is 1. The van der Waals surface area contributed by atoms with Crippen molar-refractivity contribution >= 4 is 17.3 Å². The minimum Gasteiger partial charge on any atom is -0.406 e. The number of carbonyl (C=O) groups is 1. The number of benzene rings is 2. The van der Waals surface area contributed by atoms with Crippen molar-refractivity contribution in [1.29, 1.82) is 0 Å². The van der Waals surface area contributed by atoms with Gasteiger partial charge in [-0.05, 0) is 87.4 Å². The summed E-state index contributed by atoms with van der Waals surface area (Å²) >= 11 is 0. The monoisotopic (exact) mass is 573 g/mol. The predicted molar refractivity (Wildman–Crippen MR) is 138 cm³/mol. The van der Waals surface area contributed by atoms with Gasteiger partial charge in [0.2, 0.25) is 5.91 Å². The maximum absolute atomic E-state index is 13.2. The third-order valence-electron chi connectivity index (χ3n) is 7.34. The van der Waals surface area contributed by atoms with Gasteiger partial charge in [0.25, 0.3) is 0 Å². The van der Waals surface area contributed by atoms with Crippen LogP contribution in [0.1, 0.15) is 49.7 Å². The summed E-state index contributed by atoms with van der Waals surface area (Å²) in [5.41, 5.74) is 0.675. The van der Waals surface area contributed by atoms with Crippen molar-refractivity contribution in [1.82, 2.24) is 4.90 Å². The number of aryl methyl sites for hydroxylation is 1. The number of ether oxygens (including phenoxy) is 2. The first-order valence-electron chi connectivity index (χ1n) is 13.3. The predicted octanol–water partition coefficient (Wildman–Crippen LogP) is 6.76. The molecule has 2 N–H and O–H groups in total. The Labute approximate surface area is 229 Å². The molecule has 0 atom stereocenters. The van der Waals surface area contributed by atoms with Gasteiger partial charge in [-0.2, -0.15) is 13.2 Å². The number of anilines is 2. The van der Waals surface area contributed by atoms with Crippen LogP contribution in [0.2, 0.25) is 0 Å². The summed E-state index contributed by atoms with van der Waals surface area (Å²) in [6, 6.07) is 9.96. The molecule has 40 heavy (non-hydrogen) atoms. The maximum atomic E-state index is 13.2. The smallest absolute Gasteiger partial charge is 0.406 e. The average Bonchev–Trinajstić information content (AvgIpc) is 2.89. The van der Waals surface area contributed by atoms with E-state index in [9.17, 15) is 31.1 Å². The molecule has 1 saturated carbocycles. The highest BCUT2D eigenvalue weighted by Gasteiger charge is 2.33. The highest BCUT2D eigenvalue weighted by molar-refractivity contribution is 5.77. The first-order chi connectivity index (χ1) is 18.9. The first-order valence-corrected chi connectivity index (χ1v) is 13.3. The molecule has 6 nitrogen and oxygen atoms in total. The van der Waals surface area contributed by atoms with Gasteiger partial charge in [-0.1, -0.05) is 6.07 Å². The lowest BCUT2D eigenvalue weighted by Gasteiger charge is -2.34. The number of alkyl halides is 6. The van der Waals surface area contributed by atoms with E-state index in [0.717, 1.165) is 18.9 Å². The molecule has 0 unspecified atom stereocenters. The topological polar surface area (TPSA) is 62.8 Å². The van der Waals surface area contributed by atoms with Crippen molar-refractivity contribution in [2.24, 2.45) is 0 Å². The number of nitrogens with one attached hydrogen (secondary N) is 2. The third kappa shape index (κ3) is 8.67. The number of piperidine rings is 1. The van der Waals surface area contributed by atoms with E-state index in [1.165, 1.54) is 37.3 Å². The third-order valence-corrected chi connectivity index (χ3v) is 7.34. The van der Waals surface area contributed by atoms with E-state index in [4.69, 9.17) is 4.74 Å². The fraction of sp³-hybridized carbons (Fsp3) is 0.536. The Morgan fingerprint density at radius 3 is 2.02 bits per heavy atom. The normalized spacial score (nSPS) is 20.7. The van der Waals surface area contributed by atoms with Gasteiger partial charge in [0.1, 0.15) is 12.4 Å². The number of nitrogens with zero attached hydrogens (tertiary/aromatic N) is 1. The molecule has 0 bridgehead atoms. The van der Waals surface area contributed by atoms with Crippen molar-refractivity contribution in [2.45, 2.75) is 76.2 Å². The largest absolute Gasteiger partial charge is 0.573 e. The van der Waals surface area contributed by atoms with Crippen molar-refractivity contribution in [3.05, 3.63) is 53.6 Å². The molecule has 1 heterocycles. The molecule has 1 aliphatic heterocycles. The summed E-state index contributed by atoms with van der Waals surface area (Å²) in [4.78, 5) is 14.4. The van der Waals surface area contributed by atoms with Crippen LogP contribution in [0.3, 0.4) is 0 Å². The van der Waals surface area contributed by atoms with Crippen LogP contribution in [0.15, 0.2) is 42.5 Å². The average molecular weight is 574 g/mol. The molecule has 220 valence electrons. The molecule has 4 rings (SSSR count). The van der Waals surface area contributed by atoms with E-state index >= 15 is 0 Å². The summed E-state index contributed by atoms with van der Waals surface area (Å²) in [5.74, 6) is -0.374. The second-order valence-electron chi connectivity index (χ2n) is 10.3. The zero-order chi connectivity index (χ0) is 28.9. The number of amides is 1. The van der Waals surface area contributed by atoms with E-state index in [2.05, 4.69) is 15.4 Å². The van der Waals surface area contributed by atoms with Crippen molar-refractivity contribution < 1.29 is 40.6 Å². The van der Waals surface area contributed by atoms with Crippen LogP contribution in [0, 0.1) is 6.92 Å². The van der Waals surface area contributed by atoms with Crippen LogP contribution < -0.4 is 15.4 Å². The molecule has 1 amide bonds. The lowest BCUT2D eigenvalue weighted by atomic mass is 9.92. The Hall–Kier alpha value is -3.15. The molecular formula is C28H33F6N3O3. The highest BCUT2D eigenvalue weighted by atomic mass is 19.4. The second-order valence-corrected chi connectivity index (χ2v) is 10.3. The van der Waals surface area contributed by atoms with Crippen molar-refractivity contribution in [3.63, 3.8) is 0 Å². The summed E-state index contributed by atoms with van der Waals surface area (Å²) in [7, 11) is 0. The lowest BCUT2D eigenvalue weighted by Crippen LogP contribution is -2.44. The summed E-state index contributed by atoms with van der Waals surface area (Å²) in [6.07, 6.45) is -4.93. The molecule has 1 aliphatic carbocycles. The number of hydrogen-bond donors (Lipinski definition) is 2. The first kappa shape index (κ1) is 29.8. The van der Waals surface area contributed by atoms with Gasteiger partial charge in [0, 0.05) is 36.5 Å². The Bertz CT molecular complexity index is 1120. The van der Waals surface area contributed by atoms with Gasteiger partial charge in [0.05, 0.1) is 11.7 Å². The molecule has 2 fully saturated rings. The number of carbonyl (C=O) groups excluding carboxylic acids is 1. The molecule has 1 saturated heterocycles. The SMILES string of the molecule is Cc1ccc(NC2CCC(OCC(=O)N3CCC(Nc4ccc(OC(F)(F)F)cc4)CC3)CC2)cc1C(F)(F)F. The Morgan fingerprint density at radius 2 is 1.43 bits per heavy atom. The summed E-state index contributed by atoms with van der Waals surface area (Å²) in [6.45, 7) is 2.51. The Kier molecular flexibility index (Phi) is 9.37. The minimum atomic E-state index is -4.73.